The summed E-state index contributed by atoms with van der Waals surface area (Å²) in [6, 6.07) is 0. The number of anilines is 1. The van der Waals surface area contributed by atoms with Crippen molar-refractivity contribution in [1.29, 1.82) is 0 Å². The molecule has 0 bridgehead atoms. The molecule has 2 aromatic heterocycles. The molecule has 2 aromatic rings. The minimum Gasteiger partial charge on any atom is -0.464 e. The predicted molar refractivity (Wildman–Crippen MR) is 74.7 cm³/mol. The van der Waals surface area contributed by atoms with E-state index in [0.29, 0.717) is 11.5 Å². The van der Waals surface area contributed by atoms with Crippen molar-refractivity contribution in [3.8, 4) is 11.5 Å². The molecule has 2 rings (SSSR count). The third kappa shape index (κ3) is 2.82. The number of carbonyl (C=O) groups excluding carboxylic acids is 1. The van der Waals surface area contributed by atoms with Crippen molar-refractivity contribution in [3.05, 3.63) is 29.4 Å². The van der Waals surface area contributed by atoms with Crippen LogP contribution >= 0.6 is 0 Å². The fourth-order valence-corrected chi connectivity index (χ4v) is 1.62. The number of rotatable bonds is 3. The number of ether oxygens (including phenoxy) is 1. The Kier molecular flexibility index (Phi) is 3.79. The summed E-state index contributed by atoms with van der Waals surface area (Å²) in [5.74, 6) is 0.0684. The van der Waals surface area contributed by atoms with Crippen molar-refractivity contribution < 1.29 is 9.53 Å². The quantitative estimate of drug-likeness (QED) is 0.823. The lowest BCUT2D eigenvalue weighted by Crippen LogP contribution is -2.08. The van der Waals surface area contributed by atoms with Gasteiger partial charge >= 0.3 is 5.97 Å². The molecule has 0 unspecified atom stereocenters. The number of nitrogens with two attached hydrogens (primary N) is 1. The largest absolute Gasteiger partial charge is 0.464 e. The molecule has 7 nitrogen and oxygen atoms in total. The van der Waals surface area contributed by atoms with Crippen LogP contribution in [0.1, 0.15) is 30.0 Å². The second-order valence-electron chi connectivity index (χ2n) is 4.39. The van der Waals surface area contributed by atoms with Crippen molar-refractivity contribution in [1.82, 2.24) is 19.9 Å². The highest BCUT2D eigenvalue weighted by molar-refractivity contribution is 5.88. The number of aromatic amines is 1. The zero-order chi connectivity index (χ0) is 14.7. The number of imidazole rings is 1. The standard InChI is InChI=1S/C13H15N5O2/c1-7(2)4-8-5-16-12(17-8)10-11(14)15-6-9(18-10)13(19)20-3/h4-6H,1-3H3,(H2,14,15)(H,16,17). The van der Waals surface area contributed by atoms with E-state index < -0.39 is 5.97 Å². The van der Waals surface area contributed by atoms with Gasteiger partial charge in [-0.15, -0.1) is 0 Å². The first-order valence-corrected chi connectivity index (χ1v) is 5.92. The predicted octanol–water partition coefficient (Wildman–Crippen LogP) is 1.66. The third-order valence-corrected chi connectivity index (χ3v) is 2.46. The second kappa shape index (κ2) is 5.52. The van der Waals surface area contributed by atoms with Gasteiger partial charge in [-0.3, -0.25) is 0 Å². The van der Waals surface area contributed by atoms with Gasteiger partial charge in [0.15, 0.2) is 17.3 Å². The molecule has 20 heavy (non-hydrogen) atoms. The number of H-pyrrole nitrogens is 1. The van der Waals surface area contributed by atoms with Gasteiger partial charge in [-0.1, -0.05) is 5.57 Å². The average Bonchev–Trinajstić information content (AvgIpc) is 2.85. The Morgan fingerprint density at radius 2 is 2.10 bits per heavy atom. The van der Waals surface area contributed by atoms with Crippen LogP contribution in [0.4, 0.5) is 5.82 Å². The van der Waals surface area contributed by atoms with Gasteiger partial charge in [0.25, 0.3) is 0 Å². The highest BCUT2D eigenvalue weighted by Gasteiger charge is 2.15. The van der Waals surface area contributed by atoms with Crippen molar-refractivity contribution in [2.75, 3.05) is 12.8 Å². The molecule has 0 atom stereocenters. The van der Waals surface area contributed by atoms with Crippen LogP contribution in [0.5, 0.6) is 0 Å². The van der Waals surface area contributed by atoms with Crippen LogP contribution in [0.2, 0.25) is 0 Å². The molecule has 0 saturated heterocycles. The molecular weight excluding hydrogens is 258 g/mol. The van der Waals surface area contributed by atoms with Crippen LogP contribution in [-0.2, 0) is 4.74 Å². The molecule has 0 saturated carbocycles. The lowest BCUT2D eigenvalue weighted by Gasteiger charge is -2.03. The number of allylic oxidation sites excluding steroid dienone is 1. The topological polar surface area (TPSA) is 107 Å². The van der Waals surface area contributed by atoms with Crippen LogP contribution in [0, 0.1) is 0 Å². The zero-order valence-corrected chi connectivity index (χ0v) is 11.5. The summed E-state index contributed by atoms with van der Waals surface area (Å²) in [5.41, 5.74) is 8.12. The summed E-state index contributed by atoms with van der Waals surface area (Å²) in [6.45, 7) is 3.96. The number of esters is 1. The lowest BCUT2D eigenvalue weighted by atomic mass is 10.3. The van der Waals surface area contributed by atoms with Crippen molar-refractivity contribution >= 4 is 17.9 Å². The summed E-state index contributed by atoms with van der Waals surface area (Å²) >= 11 is 0. The average molecular weight is 273 g/mol. The first-order valence-electron chi connectivity index (χ1n) is 5.92. The maximum Gasteiger partial charge on any atom is 0.358 e. The summed E-state index contributed by atoms with van der Waals surface area (Å²) in [6.07, 6.45) is 4.86. The molecule has 0 amide bonds. The van der Waals surface area contributed by atoms with Crippen LogP contribution in [-0.4, -0.2) is 33.0 Å². The summed E-state index contributed by atoms with van der Waals surface area (Å²) in [4.78, 5) is 26.8. The Hall–Kier alpha value is -2.70. The van der Waals surface area contributed by atoms with Gasteiger partial charge in [0, 0.05) is 0 Å². The monoisotopic (exact) mass is 273 g/mol. The van der Waals surface area contributed by atoms with Gasteiger partial charge in [-0.2, -0.15) is 0 Å². The van der Waals surface area contributed by atoms with E-state index in [1.807, 2.05) is 19.9 Å². The Bertz CT molecular complexity index is 671. The summed E-state index contributed by atoms with van der Waals surface area (Å²) < 4.78 is 4.60. The van der Waals surface area contributed by atoms with E-state index in [1.165, 1.54) is 13.3 Å². The minimum atomic E-state index is -0.574. The number of carbonyl (C=O) groups is 1. The molecule has 0 spiro atoms. The fourth-order valence-electron chi connectivity index (χ4n) is 1.62. The molecule has 0 aliphatic rings. The van der Waals surface area contributed by atoms with Crippen LogP contribution in [0.25, 0.3) is 17.6 Å². The van der Waals surface area contributed by atoms with E-state index in [-0.39, 0.29) is 11.5 Å². The zero-order valence-electron chi connectivity index (χ0n) is 11.5. The van der Waals surface area contributed by atoms with E-state index in [4.69, 9.17) is 5.73 Å². The van der Waals surface area contributed by atoms with Gasteiger partial charge in [-0.25, -0.2) is 19.7 Å². The molecular formula is C13H15N5O2. The van der Waals surface area contributed by atoms with Gasteiger partial charge in [-0.05, 0) is 19.9 Å². The molecule has 0 fully saturated rings. The van der Waals surface area contributed by atoms with Crippen molar-refractivity contribution in [2.45, 2.75) is 13.8 Å². The van der Waals surface area contributed by atoms with Crippen LogP contribution in [0.15, 0.2) is 18.0 Å². The first-order chi connectivity index (χ1) is 9.51. The van der Waals surface area contributed by atoms with Gasteiger partial charge in [0.05, 0.1) is 25.2 Å². The van der Waals surface area contributed by atoms with E-state index >= 15 is 0 Å². The molecule has 0 aliphatic heterocycles. The summed E-state index contributed by atoms with van der Waals surface area (Å²) in [5, 5.41) is 0. The minimum absolute atomic E-state index is 0.0804. The Morgan fingerprint density at radius 3 is 2.75 bits per heavy atom. The molecule has 104 valence electrons. The van der Waals surface area contributed by atoms with E-state index in [9.17, 15) is 4.79 Å². The van der Waals surface area contributed by atoms with Gasteiger partial charge in [0.1, 0.15) is 5.69 Å². The van der Waals surface area contributed by atoms with E-state index in [1.54, 1.807) is 6.20 Å². The molecule has 3 N–H and O–H groups in total. The highest BCUT2D eigenvalue weighted by Crippen LogP contribution is 2.20. The molecule has 0 aromatic carbocycles. The van der Waals surface area contributed by atoms with Crippen LogP contribution in [0.3, 0.4) is 0 Å². The third-order valence-electron chi connectivity index (χ3n) is 2.46. The smallest absolute Gasteiger partial charge is 0.358 e. The Labute approximate surface area is 115 Å². The molecule has 0 aliphatic carbocycles. The SMILES string of the molecule is COC(=O)c1cnc(N)c(-c2ncc(C=C(C)C)[nH]2)n1. The number of nitrogen functional groups attached to an aromatic ring is 1. The number of nitrogens with zero attached hydrogens (tertiary/aromatic N) is 3. The number of hydrogen-bond donors (Lipinski definition) is 2. The molecule has 7 heteroatoms. The van der Waals surface area contributed by atoms with Crippen LogP contribution < -0.4 is 5.73 Å². The van der Waals surface area contributed by atoms with Crippen molar-refractivity contribution in [2.24, 2.45) is 0 Å². The highest BCUT2D eigenvalue weighted by atomic mass is 16.5. The van der Waals surface area contributed by atoms with E-state index in [0.717, 1.165) is 11.3 Å². The summed E-state index contributed by atoms with van der Waals surface area (Å²) in [7, 11) is 1.28. The number of hydrogen-bond acceptors (Lipinski definition) is 6. The van der Waals surface area contributed by atoms with Gasteiger partial charge < -0.3 is 15.5 Å². The van der Waals surface area contributed by atoms with Crippen molar-refractivity contribution in [3.63, 3.8) is 0 Å². The molecule has 2 heterocycles. The van der Waals surface area contributed by atoms with Gasteiger partial charge in [0.2, 0.25) is 0 Å². The maximum absolute atomic E-state index is 11.5. The Balaban J connectivity index is 2.44. The number of aromatic nitrogens is 4. The number of methoxy groups -OCH3 is 1. The first kappa shape index (κ1) is 13.7. The maximum atomic E-state index is 11.5. The second-order valence-corrected chi connectivity index (χ2v) is 4.39. The molecule has 0 radical (unpaired) electrons. The fraction of sp³-hybridized carbons (Fsp3) is 0.231. The normalized spacial score (nSPS) is 10.2. The van der Waals surface area contributed by atoms with E-state index in [2.05, 4.69) is 24.7 Å². The number of nitrogens with one attached hydrogen (secondary N) is 1. The lowest BCUT2D eigenvalue weighted by molar-refractivity contribution is 0.0593. The Morgan fingerprint density at radius 1 is 1.35 bits per heavy atom.